The van der Waals surface area contributed by atoms with Crippen molar-refractivity contribution in [3.05, 3.63) is 22.8 Å². The highest BCUT2D eigenvalue weighted by atomic mass is 35.5. The average molecular weight is 411 g/mol. The fraction of sp³-hybridized carbons (Fsp3) is 0.783. The Balaban J connectivity index is 2.08. The third-order valence-electron chi connectivity index (χ3n) is 6.47. The highest BCUT2D eigenvalue weighted by Gasteiger charge is 2.51. The number of nitrogens with one attached hydrogen (secondary N) is 1. The first-order chi connectivity index (χ1) is 13.1. The van der Waals surface area contributed by atoms with Crippen molar-refractivity contribution in [1.29, 1.82) is 0 Å². The molecule has 0 bridgehead atoms. The first-order valence-corrected chi connectivity index (χ1v) is 11.3. The summed E-state index contributed by atoms with van der Waals surface area (Å²) in [6, 6.07) is -0.158. The number of aliphatic hydroxyl groups is 1. The van der Waals surface area contributed by atoms with Crippen LogP contribution in [0.2, 0.25) is 0 Å². The smallest absolute Gasteiger partial charge is 0.239 e. The third-order valence-corrected chi connectivity index (χ3v) is 6.78. The van der Waals surface area contributed by atoms with E-state index in [-0.39, 0.29) is 17.9 Å². The molecule has 2 aliphatic rings. The molecular weight excluding hydrogens is 372 g/mol. The topological polar surface area (TPSA) is 52.6 Å². The Morgan fingerprint density at radius 2 is 2.00 bits per heavy atom. The Labute approximate surface area is 176 Å². The second-order valence-corrected chi connectivity index (χ2v) is 9.93. The van der Waals surface area contributed by atoms with Gasteiger partial charge in [-0.05, 0) is 49.8 Å². The lowest BCUT2D eigenvalue weighted by molar-refractivity contribution is -0.147. The lowest BCUT2D eigenvalue weighted by atomic mass is 9.64. The van der Waals surface area contributed by atoms with Gasteiger partial charge in [-0.3, -0.25) is 4.79 Å². The fourth-order valence-corrected chi connectivity index (χ4v) is 4.66. The van der Waals surface area contributed by atoms with Crippen LogP contribution in [-0.2, 0) is 4.79 Å². The molecule has 1 amide bonds. The van der Waals surface area contributed by atoms with Gasteiger partial charge in [-0.2, -0.15) is 0 Å². The zero-order valence-electron chi connectivity index (χ0n) is 18.4. The minimum Gasteiger partial charge on any atom is -0.385 e. The Hall–Kier alpha value is -0.840. The van der Waals surface area contributed by atoms with E-state index in [1.54, 1.807) is 0 Å². The molecule has 0 unspecified atom stereocenters. The summed E-state index contributed by atoms with van der Waals surface area (Å²) < 4.78 is 0. The van der Waals surface area contributed by atoms with Gasteiger partial charge in [-0.25, -0.2) is 0 Å². The van der Waals surface area contributed by atoms with E-state index in [0.29, 0.717) is 19.5 Å². The van der Waals surface area contributed by atoms with E-state index >= 15 is 0 Å². The number of carbonyl (C=O) groups is 1. The van der Waals surface area contributed by atoms with Crippen LogP contribution in [0.4, 0.5) is 0 Å². The first-order valence-electron chi connectivity index (χ1n) is 10.9. The predicted molar refractivity (Wildman–Crippen MR) is 117 cm³/mol. The van der Waals surface area contributed by atoms with Gasteiger partial charge < -0.3 is 15.3 Å². The molecule has 28 heavy (non-hydrogen) atoms. The maximum absolute atomic E-state index is 13.3. The largest absolute Gasteiger partial charge is 0.385 e. The van der Waals surface area contributed by atoms with Gasteiger partial charge in [-0.1, -0.05) is 65.1 Å². The van der Waals surface area contributed by atoms with Crippen molar-refractivity contribution in [2.45, 2.75) is 84.8 Å². The van der Waals surface area contributed by atoms with Crippen molar-refractivity contribution in [2.24, 2.45) is 11.3 Å². The number of carbonyl (C=O) groups excluding carboxylic acids is 1. The molecule has 0 aromatic rings. The molecule has 5 heteroatoms. The van der Waals surface area contributed by atoms with Gasteiger partial charge in [0.15, 0.2) is 0 Å². The number of unbranched alkanes of at least 4 members (excludes halogenated alkanes) is 2. The zero-order chi connectivity index (χ0) is 20.9. The molecule has 1 heterocycles. The van der Waals surface area contributed by atoms with Crippen molar-refractivity contribution < 1.29 is 9.90 Å². The minimum absolute atomic E-state index is 0.158. The van der Waals surface area contributed by atoms with E-state index < -0.39 is 11.0 Å². The first kappa shape index (κ1) is 23.4. The molecule has 2 N–H and O–H groups in total. The van der Waals surface area contributed by atoms with Crippen molar-refractivity contribution in [2.75, 3.05) is 19.6 Å². The SMILES string of the molecule is CCCCCN[C@@H](C(=O)N1CC[C@](O)(C2=CC=C(Cl)CC2)C(C)(C)C1)C(C)C. The molecule has 0 spiro atoms. The number of halogens is 1. The molecule has 4 nitrogen and oxygen atoms in total. The Morgan fingerprint density at radius 3 is 2.54 bits per heavy atom. The summed E-state index contributed by atoms with van der Waals surface area (Å²) in [6.07, 6.45) is 9.49. The standard InChI is InChI=1S/C23H39ClN2O2/c1-6-7-8-14-25-20(17(2)3)21(27)26-15-13-23(28,22(4,5)16-26)18-9-11-19(24)12-10-18/h9,11,17,20,25,28H,6-8,10,12-16H2,1-5H3/t20-,23+/m1/s1. The zero-order valence-corrected chi connectivity index (χ0v) is 19.1. The summed E-state index contributed by atoms with van der Waals surface area (Å²) >= 11 is 6.10. The molecular formula is C23H39ClN2O2. The van der Waals surface area contributed by atoms with Crippen LogP contribution in [0.25, 0.3) is 0 Å². The van der Waals surface area contributed by atoms with E-state index in [2.05, 4.69) is 39.9 Å². The van der Waals surface area contributed by atoms with E-state index in [9.17, 15) is 9.90 Å². The Morgan fingerprint density at radius 1 is 1.29 bits per heavy atom. The Kier molecular flexibility index (Phi) is 8.18. The molecule has 1 fully saturated rings. The third kappa shape index (κ3) is 5.20. The van der Waals surface area contributed by atoms with Crippen molar-refractivity contribution in [3.63, 3.8) is 0 Å². The lowest BCUT2D eigenvalue weighted by Gasteiger charge is -2.52. The van der Waals surface area contributed by atoms with E-state index in [0.717, 1.165) is 36.4 Å². The van der Waals surface area contributed by atoms with Gasteiger partial charge in [0.2, 0.25) is 5.91 Å². The lowest BCUT2D eigenvalue weighted by Crippen LogP contribution is -2.62. The number of rotatable bonds is 8. The van der Waals surface area contributed by atoms with Gasteiger partial charge in [0, 0.05) is 23.5 Å². The molecule has 0 aromatic heterocycles. The quantitative estimate of drug-likeness (QED) is 0.574. The van der Waals surface area contributed by atoms with Crippen molar-refractivity contribution in [3.8, 4) is 0 Å². The highest BCUT2D eigenvalue weighted by Crippen LogP contribution is 2.46. The fourth-order valence-electron chi connectivity index (χ4n) is 4.50. The van der Waals surface area contributed by atoms with Crippen LogP contribution in [0, 0.1) is 11.3 Å². The molecule has 0 saturated carbocycles. The van der Waals surface area contributed by atoms with Crippen LogP contribution in [0.3, 0.4) is 0 Å². The number of likely N-dealkylation sites (tertiary alicyclic amines) is 1. The van der Waals surface area contributed by atoms with Crippen molar-refractivity contribution >= 4 is 17.5 Å². The summed E-state index contributed by atoms with van der Waals surface area (Å²) in [5.74, 6) is 0.411. The number of amides is 1. The number of nitrogens with zero attached hydrogens (tertiary/aromatic N) is 1. The predicted octanol–water partition coefficient (Wildman–Crippen LogP) is 4.62. The summed E-state index contributed by atoms with van der Waals surface area (Å²) in [7, 11) is 0. The molecule has 160 valence electrons. The van der Waals surface area contributed by atoms with Crippen LogP contribution in [0.15, 0.2) is 22.8 Å². The van der Waals surface area contributed by atoms with Crippen molar-refractivity contribution in [1.82, 2.24) is 10.2 Å². The molecule has 1 aliphatic heterocycles. The van der Waals surface area contributed by atoms with Gasteiger partial charge in [0.25, 0.3) is 0 Å². The summed E-state index contributed by atoms with van der Waals surface area (Å²) in [6.45, 7) is 12.6. The second kappa shape index (κ2) is 9.77. The molecule has 0 aromatic carbocycles. The van der Waals surface area contributed by atoms with Crippen LogP contribution in [-0.4, -0.2) is 47.2 Å². The number of hydrogen-bond donors (Lipinski definition) is 2. The summed E-state index contributed by atoms with van der Waals surface area (Å²) in [4.78, 5) is 15.2. The van der Waals surface area contributed by atoms with E-state index in [1.807, 2.05) is 17.1 Å². The summed E-state index contributed by atoms with van der Waals surface area (Å²) in [5, 5.41) is 15.9. The number of allylic oxidation sites excluding steroid dienone is 3. The van der Waals surface area contributed by atoms with Crippen LogP contribution in [0.1, 0.15) is 73.1 Å². The number of hydrogen-bond acceptors (Lipinski definition) is 3. The minimum atomic E-state index is -0.889. The van der Waals surface area contributed by atoms with Gasteiger partial charge in [-0.15, -0.1) is 0 Å². The molecule has 0 radical (unpaired) electrons. The summed E-state index contributed by atoms with van der Waals surface area (Å²) in [5.41, 5.74) is -0.249. The van der Waals surface area contributed by atoms with Gasteiger partial charge in [0.05, 0.1) is 11.6 Å². The number of piperidine rings is 1. The average Bonchev–Trinajstić information content (AvgIpc) is 2.63. The maximum Gasteiger partial charge on any atom is 0.239 e. The van der Waals surface area contributed by atoms with Gasteiger partial charge in [0.1, 0.15) is 0 Å². The van der Waals surface area contributed by atoms with Crippen LogP contribution in [0.5, 0.6) is 0 Å². The molecule has 1 saturated heterocycles. The van der Waals surface area contributed by atoms with Gasteiger partial charge >= 0.3 is 0 Å². The monoisotopic (exact) mass is 410 g/mol. The molecule has 2 rings (SSSR count). The van der Waals surface area contributed by atoms with E-state index in [1.165, 1.54) is 12.8 Å². The van der Waals surface area contributed by atoms with Crippen LogP contribution < -0.4 is 5.32 Å². The Bertz CT molecular complexity index is 612. The second-order valence-electron chi connectivity index (χ2n) is 9.44. The highest BCUT2D eigenvalue weighted by molar-refractivity contribution is 6.29. The maximum atomic E-state index is 13.3. The van der Waals surface area contributed by atoms with E-state index in [4.69, 9.17) is 11.6 Å². The molecule has 2 atom stereocenters. The normalized spacial score (nSPS) is 26.1. The van der Waals surface area contributed by atoms with Crippen LogP contribution >= 0.6 is 11.6 Å². The molecule has 1 aliphatic carbocycles.